The Morgan fingerprint density at radius 2 is 1.84 bits per heavy atom. The molecule has 0 spiro atoms. The summed E-state index contributed by atoms with van der Waals surface area (Å²) in [4.78, 5) is 2.49. The van der Waals surface area contributed by atoms with Gasteiger partial charge in [0.15, 0.2) is 0 Å². The van der Waals surface area contributed by atoms with Gasteiger partial charge in [0.1, 0.15) is 0 Å². The first-order valence-corrected chi connectivity index (χ1v) is 8.05. The molecule has 19 heavy (non-hydrogen) atoms. The summed E-state index contributed by atoms with van der Waals surface area (Å²) in [5.74, 6) is 0. The van der Waals surface area contributed by atoms with E-state index >= 15 is 0 Å². The van der Waals surface area contributed by atoms with Gasteiger partial charge in [-0.05, 0) is 51.5 Å². The molecule has 0 aliphatic rings. The molecular weight excluding hydrogens is 300 g/mol. The predicted molar refractivity (Wildman–Crippen MR) is 87.6 cm³/mol. The van der Waals surface area contributed by atoms with Gasteiger partial charge >= 0.3 is 0 Å². The summed E-state index contributed by atoms with van der Waals surface area (Å²) in [6, 6.07) is 9.60. The Morgan fingerprint density at radius 3 is 2.37 bits per heavy atom. The van der Waals surface area contributed by atoms with Gasteiger partial charge in [-0.15, -0.1) is 0 Å². The van der Waals surface area contributed by atoms with Gasteiger partial charge in [-0.25, -0.2) is 0 Å². The van der Waals surface area contributed by atoms with Crippen LogP contribution in [0, 0.1) is 0 Å². The minimum Gasteiger partial charge on any atom is -0.313 e. The van der Waals surface area contributed by atoms with Gasteiger partial charge in [0, 0.05) is 16.6 Å². The van der Waals surface area contributed by atoms with Crippen molar-refractivity contribution in [2.75, 3.05) is 20.6 Å². The van der Waals surface area contributed by atoms with Crippen LogP contribution in [0.5, 0.6) is 0 Å². The van der Waals surface area contributed by atoms with E-state index in [1.165, 1.54) is 22.9 Å². The quantitative estimate of drug-likeness (QED) is 0.769. The molecular formula is C16H27BrN2. The van der Waals surface area contributed by atoms with Gasteiger partial charge in [-0.1, -0.05) is 48.0 Å². The Balaban J connectivity index is 2.61. The summed E-state index contributed by atoms with van der Waals surface area (Å²) >= 11 is 3.65. The second-order valence-corrected chi connectivity index (χ2v) is 5.96. The van der Waals surface area contributed by atoms with Crippen LogP contribution in [0.25, 0.3) is 0 Å². The highest BCUT2D eigenvalue weighted by Gasteiger charge is 2.15. The number of hydrogen-bond acceptors (Lipinski definition) is 2. The van der Waals surface area contributed by atoms with Crippen LogP contribution < -0.4 is 5.32 Å². The van der Waals surface area contributed by atoms with Crippen molar-refractivity contribution in [1.82, 2.24) is 10.2 Å². The fraction of sp³-hybridized carbons (Fsp3) is 0.625. The number of benzene rings is 1. The molecule has 0 fully saturated rings. The second-order valence-electron chi connectivity index (χ2n) is 5.10. The van der Waals surface area contributed by atoms with E-state index in [9.17, 15) is 0 Å². The molecule has 1 rings (SSSR count). The molecule has 0 aromatic heterocycles. The first kappa shape index (κ1) is 16.7. The molecule has 1 atom stereocenters. The van der Waals surface area contributed by atoms with Gasteiger partial charge in [-0.3, -0.25) is 0 Å². The Kier molecular flexibility index (Phi) is 7.66. The number of nitrogens with one attached hydrogen (secondary N) is 1. The van der Waals surface area contributed by atoms with E-state index in [2.05, 4.69) is 71.3 Å². The molecule has 0 saturated heterocycles. The average Bonchev–Trinajstić information content (AvgIpc) is 2.42. The summed E-state index contributed by atoms with van der Waals surface area (Å²) in [6.45, 7) is 5.67. The highest BCUT2D eigenvalue weighted by molar-refractivity contribution is 9.10. The lowest BCUT2D eigenvalue weighted by atomic mass is 10.0. The SMILES string of the molecule is CCC(CC)N(C)CCC(NC)c1ccccc1Br. The van der Waals surface area contributed by atoms with E-state index < -0.39 is 0 Å². The Labute approximate surface area is 126 Å². The maximum Gasteiger partial charge on any atom is 0.0340 e. The lowest BCUT2D eigenvalue weighted by Crippen LogP contribution is -2.33. The zero-order chi connectivity index (χ0) is 14.3. The van der Waals surface area contributed by atoms with Crippen molar-refractivity contribution in [2.24, 2.45) is 0 Å². The van der Waals surface area contributed by atoms with Gasteiger partial charge in [0.05, 0.1) is 0 Å². The lowest BCUT2D eigenvalue weighted by molar-refractivity contribution is 0.219. The maximum atomic E-state index is 3.65. The van der Waals surface area contributed by atoms with E-state index in [4.69, 9.17) is 0 Å². The van der Waals surface area contributed by atoms with E-state index in [0.717, 1.165) is 13.0 Å². The second kappa shape index (κ2) is 8.72. The molecule has 0 saturated carbocycles. The van der Waals surface area contributed by atoms with Crippen LogP contribution in [0.1, 0.15) is 44.7 Å². The van der Waals surface area contributed by atoms with Gasteiger partial charge in [-0.2, -0.15) is 0 Å². The van der Waals surface area contributed by atoms with Crippen LogP contribution in [0.3, 0.4) is 0 Å². The van der Waals surface area contributed by atoms with E-state index in [0.29, 0.717) is 12.1 Å². The molecule has 1 aromatic rings. The highest BCUT2D eigenvalue weighted by atomic mass is 79.9. The van der Waals surface area contributed by atoms with Crippen LogP contribution in [-0.4, -0.2) is 31.6 Å². The largest absolute Gasteiger partial charge is 0.313 e. The topological polar surface area (TPSA) is 15.3 Å². The molecule has 1 aromatic carbocycles. The molecule has 1 N–H and O–H groups in total. The van der Waals surface area contributed by atoms with Crippen molar-refractivity contribution in [3.63, 3.8) is 0 Å². The third kappa shape index (κ3) is 4.90. The van der Waals surface area contributed by atoms with Gasteiger partial charge in [0.2, 0.25) is 0 Å². The van der Waals surface area contributed by atoms with Crippen molar-refractivity contribution in [3.05, 3.63) is 34.3 Å². The fourth-order valence-electron chi connectivity index (χ4n) is 2.64. The molecule has 0 radical (unpaired) electrons. The van der Waals surface area contributed by atoms with Crippen LogP contribution in [0.2, 0.25) is 0 Å². The van der Waals surface area contributed by atoms with Gasteiger partial charge < -0.3 is 10.2 Å². The van der Waals surface area contributed by atoms with Crippen LogP contribution in [0.15, 0.2) is 28.7 Å². The minimum absolute atomic E-state index is 0.410. The zero-order valence-electron chi connectivity index (χ0n) is 12.6. The molecule has 1 unspecified atom stereocenters. The molecule has 2 nitrogen and oxygen atoms in total. The number of hydrogen-bond donors (Lipinski definition) is 1. The van der Waals surface area contributed by atoms with Gasteiger partial charge in [0.25, 0.3) is 0 Å². The Bertz CT molecular complexity index is 364. The minimum atomic E-state index is 0.410. The average molecular weight is 327 g/mol. The standard InChI is InChI=1S/C16H27BrN2/c1-5-13(6-2)19(4)12-11-16(18-3)14-9-7-8-10-15(14)17/h7-10,13,16,18H,5-6,11-12H2,1-4H3. The van der Waals surface area contributed by atoms with Crippen molar-refractivity contribution < 1.29 is 0 Å². The fourth-order valence-corrected chi connectivity index (χ4v) is 3.20. The van der Waals surface area contributed by atoms with Crippen molar-refractivity contribution in [3.8, 4) is 0 Å². The highest BCUT2D eigenvalue weighted by Crippen LogP contribution is 2.25. The molecule has 108 valence electrons. The maximum absolute atomic E-state index is 3.65. The zero-order valence-corrected chi connectivity index (χ0v) is 14.2. The first-order valence-electron chi connectivity index (χ1n) is 7.25. The normalized spacial score (nSPS) is 13.2. The number of nitrogens with zero attached hydrogens (tertiary/aromatic N) is 1. The van der Waals surface area contributed by atoms with Crippen LogP contribution in [0.4, 0.5) is 0 Å². The Hall–Kier alpha value is -0.380. The third-order valence-electron chi connectivity index (χ3n) is 3.97. The van der Waals surface area contributed by atoms with Crippen molar-refractivity contribution >= 4 is 15.9 Å². The number of rotatable bonds is 8. The summed E-state index contributed by atoms with van der Waals surface area (Å²) in [5.41, 5.74) is 1.35. The molecule has 0 aliphatic carbocycles. The molecule has 3 heteroatoms. The summed E-state index contributed by atoms with van der Waals surface area (Å²) < 4.78 is 1.19. The smallest absolute Gasteiger partial charge is 0.0340 e. The lowest BCUT2D eigenvalue weighted by Gasteiger charge is -2.28. The van der Waals surface area contributed by atoms with Crippen LogP contribution in [-0.2, 0) is 0 Å². The predicted octanol–water partition coefficient (Wildman–Crippen LogP) is 4.22. The van der Waals surface area contributed by atoms with E-state index in [1.54, 1.807) is 0 Å². The summed E-state index contributed by atoms with van der Waals surface area (Å²) in [7, 11) is 4.28. The van der Waals surface area contributed by atoms with E-state index in [-0.39, 0.29) is 0 Å². The summed E-state index contributed by atoms with van der Waals surface area (Å²) in [5, 5.41) is 3.43. The monoisotopic (exact) mass is 326 g/mol. The van der Waals surface area contributed by atoms with Crippen molar-refractivity contribution in [1.29, 1.82) is 0 Å². The number of halogens is 1. The third-order valence-corrected chi connectivity index (χ3v) is 4.69. The summed E-state index contributed by atoms with van der Waals surface area (Å²) in [6.07, 6.45) is 3.59. The van der Waals surface area contributed by atoms with Crippen molar-refractivity contribution in [2.45, 2.75) is 45.2 Å². The van der Waals surface area contributed by atoms with E-state index in [1.807, 2.05) is 7.05 Å². The first-order chi connectivity index (χ1) is 9.13. The molecule has 0 aliphatic heterocycles. The van der Waals surface area contributed by atoms with Crippen LogP contribution >= 0.6 is 15.9 Å². The molecule has 0 heterocycles. The Morgan fingerprint density at radius 1 is 1.21 bits per heavy atom. The molecule has 0 amide bonds. The molecule has 0 bridgehead atoms.